The molecule has 0 saturated heterocycles. The molecule has 0 aliphatic rings. The Kier molecular flexibility index (Phi) is 4.07. The molecule has 0 saturated carbocycles. The van der Waals surface area contributed by atoms with Crippen LogP contribution in [0.3, 0.4) is 0 Å². The lowest BCUT2D eigenvalue weighted by molar-refractivity contribution is 0.280. The number of pyridine rings is 1. The maximum absolute atomic E-state index is 9.06. The molecule has 18 heavy (non-hydrogen) atoms. The number of aryl methyl sites for hydroxylation is 1. The third kappa shape index (κ3) is 3.13. The average molecular weight is 284 g/mol. The second-order valence-electron chi connectivity index (χ2n) is 3.76. The largest absolute Gasteiger partial charge is 0.439 e. The average Bonchev–Trinajstić information content (AvgIpc) is 2.27. The zero-order valence-corrected chi connectivity index (χ0v) is 11.2. The zero-order valence-electron chi connectivity index (χ0n) is 9.65. The van der Waals surface area contributed by atoms with Gasteiger partial charge in [-0.3, -0.25) is 0 Å². The molecule has 2 aromatic rings. The van der Waals surface area contributed by atoms with Crippen molar-refractivity contribution in [2.75, 3.05) is 0 Å². The van der Waals surface area contributed by atoms with Gasteiger partial charge in [0.25, 0.3) is 0 Å². The Labute approximate surface area is 115 Å². The highest BCUT2D eigenvalue weighted by Crippen LogP contribution is 2.27. The molecule has 1 heterocycles. The minimum absolute atomic E-state index is 0.0396. The fourth-order valence-corrected chi connectivity index (χ4v) is 2.01. The van der Waals surface area contributed by atoms with Crippen LogP contribution in [0.5, 0.6) is 11.6 Å². The molecule has 3 nitrogen and oxygen atoms in total. The second kappa shape index (κ2) is 5.57. The topological polar surface area (TPSA) is 42.4 Å². The minimum atomic E-state index is -0.0396. The fourth-order valence-electron chi connectivity index (χ4n) is 1.50. The van der Waals surface area contributed by atoms with Gasteiger partial charge < -0.3 is 9.84 Å². The van der Waals surface area contributed by atoms with Crippen molar-refractivity contribution in [3.63, 3.8) is 0 Å². The summed E-state index contributed by atoms with van der Waals surface area (Å²) in [6, 6.07) is 8.40. The van der Waals surface area contributed by atoms with E-state index >= 15 is 0 Å². The fraction of sp³-hybridized carbons (Fsp3) is 0.154. The number of hydrogen-bond acceptors (Lipinski definition) is 3. The van der Waals surface area contributed by atoms with Crippen LogP contribution in [0.1, 0.15) is 11.3 Å². The van der Waals surface area contributed by atoms with Gasteiger partial charge in [0.05, 0.1) is 6.61 Å². The summed E-state index contributed by atoms with van der Waals surface area (Å²) in [6.45, 7) is 1.77. The lowest BCUT2D eigenvalue weighted by Gasteiger charge is -2.08. The number of hydrogen-bond donors (Lipinski definition) is 1. The number of aliphatic hydroxyl groups is 1. The maximum Gasteiger partial charge on any atom is 0.219 e. The highest BCUT2D eigenvalue weighted by Gasteiger charge is 2.04. The Morgan fingerprint density at radius 1 is 1.17 bits per heavy atom. The van der Waals surface area contributed by atoms with E-state index in [0.717, 1.165) is 11.3 Å². The van der Waals surface area contributed by atoms with Crippen LogP contribution in [-0.4, -0.2) is 10.1 Å². The van der Waals surface area contributed by atoms with Gasteiger partial charge in [-0.25, -0.2) is 4.98 Å². The number of rotatable bonds is 3. The first kappa shape index (κ1) is 13.1. The van der Waals surface area contributed by atoms with Crippen LogP contribution >= 0.6 is 23.2 Å². The van der Waals surface area contributed by atoms with Gasteiger partial charge in [0.2, 0.25) is 5.88 Å². The number of aliphatic hydroxyl groups excluding tert-OH is 1. The molecule has 0 unspecified atom stereocenters. The molecule has 0 aliphatic heterocycles. The molecule has 5 heteroatoms. The van der Waals surface area contributed by atoms with E-state index in [1.807, 2.05) is 6.92 Å². The number of aromatic nitrogens is 1. The molecule has 0 aliphatic carbocycles. The summed E-state index contributed by atoms with van der Waals surface area (Å²) in [5.74, 6) is 0.958. The highest BCUT2D eigenvalue weighted by atomic mass is 35.5. The third-order valence-corrected chi connectivity index (χ3v) is 2.83. The summed E-state index contributed by atoms with van der Waals surface area (Å²) in [7, 11) is 0. The normalized spacial score (nSPS) is 10.4. The third-order valence-electron chi connectivity index (χ3n) is 2.40. The first-order valence-electron chi connectivity index (χ1n) is 5.30. The van der Waals surface area contributed by atoms with Crippen molar-refractivity contribution in [1.82, 2.24) is 4.98 Å². The lowest BCUT2D eigenvalue weighted by atomic mass is 10.2. The second-order valence-corrected chi connectivity index (χ2v) is 4.63. The summed E-state index contributed by atoms with van der Waals surface area (Å²) >= 11 is 11.8. The van der Waals surface area contributed by atoms with E-state index < -0.39 is 0 Å². The van der Waals surface area contributed by atoms with E-state index in [1.165, 1.54) is 0 Å². The SMILES string of the molecule is Cc1nc(Oc2cc(Cl)cc(Cl)c2)ccc1CO. The van der Waals surface area contributed by atoms with Crippen LogP contribution in [0, 0.1) is 6.92 Å². The first-order chi connectivity index (χ1) is 8.58. The quantitative estimate of drug-likeness (QED) is 0.926. The predicted octanol–water partition coefficient (Wildman–Crippen LogP) is 3.98. The Bertz CT molecular complexity index is 553. The summed E-state index contributed by atoms with van der Waals surface area (Å²) in [5, 5.41) is 10.1. The highest BCUT2D eigenvalue weighted by molar-refractivity contribution is 6.34. The number of ether oxygens (including phenoxy) is 1. The van der Waals surface area contributed by atoms with Crippen LogP contribution in [0.4, 0.5) is 0 Å². The van der Waals surface area contributed by atoms with E-state index in [2.05, 4.69) is 4.98 Å². The van der Waals surface area contributed by atoms with Crippen molar-refractivity contribution in [1.29, 1.82) is 0 Å². The molecule has 1 aromatic carbocycles. The molecule has 0 atom stereocenters. The molecule has 1 aromatic heterocycles. The van der Waals surface area contributed by atoms with Crippen molar-refractivity contribution in [3.05, 3.63) is 51.6 Å². The Morgan fingerprint density at radius 2 is 1.83 bits per heavy atom. The van der Waals surface area contributed by atoms with Gasteiger partial charge >= 0.3 is 0 Å². The van der Waals surface area contributed by atoms with E-state index in [-0.39, 0.29) is 6.61 Å². The van der Waals surface area contributed by atoms with E-state index in [4.69, 9.17) is 33.0 Å². The molecule has 0 bridgehead atoms. The molecule has 1 N–H and O–H groups in total. The smallest absolute Gasteiger partial charge is 0.219 e. The molecule has 0 amide bonds. The Balaban J connectivity index is 2.25. The van der Waals surface area contributed by atoms with Crippen molar-refractivity contribution >= 4 is 23.2 Å². The summed E-state index contributed by atoms with van der Waals surface area (Å²) in [5.41, 5.74) is 1.50. The number of benzene rings is 1. The van der Waals surface area contributed by atoms with Gasteiger partial charge in [-0.1, -0.05) is 23.2 Å². The molecular weight excluding hydrogens is 273 g/mol. The molecule has 2 rings (SSSR count). The van der Waals surface area contributed by atoms with Gasteiger partial charge in [0, 0.05) is 21.8 Å². The first-order valence-corrected chi connectivity index (χ1v) is 6.05. The zero-order chi connectivity index (χ0) is 13.1. The summed E-state index contributed by atoms with van der Waals surface area (Å²) in [6.07, 6.45) is 0. The van der Waals surface area contributed by atoms with E-state index in [9.17, 15) is 0 Å². The predicted molar refractivity (Wildman–Crippen MR) is 71.4 cm³/mol. The molecule has 0 spiro atoms. The summed E-state index contributed by atoms with van der Waals surface area (Å²) in [4.78, 5) is 4.23. The van der Waals surface area contributed by atoms with Gasteiger partial charge in [0.1, 0.15) is 5.75 Å². The van der Waals surface area contributed by atoms with Crippen molar-refractivity contribution in [2.45, 2.75) is 13.5 Å². The van der Waals surface area contributed by atoms with Gasteiger partial charge in [0.15, 0.2) is 0 Å². The Hall–Kier alpha value is -1.29. The summed E-state index contributed by atoms with van der Waals surface area (Å²) < 4.78 is 5.56. The van der Waals surface area contributed by atoms with E-state index in [1.54, 1.807) is 30.3 Å². The van der Waals surface area contributed by atoms with Gasteiger partial charge in [-0.2, -0.15) is 0 Å². The molecule has 94 valence electrons. The number of nitrogens with zero attached hydrogens (tertiary/aromatic N) is 1. The van der Waals surface area contributed by atoms with Gasteiger partial charge in [-0.15, -0.1) is 0 Å². The lowest BCUT2D eigenvalue weighted by Crippen LogP contribution is -1.95. The Morgan fingerprint density at radius 3 is 2.39 bits per heavy atom. The van der Waals surface area contributed by atoms with Crippen LogP contribution in [-0.2, 0) is 6.61 Å². The van der Waals surface area contributed by atoms with Crippen LogP contribution in [0.2, 0.25) is 10.0 Å². The van der Waals surface area contributed by atoms with Crippen molar-refractivity contribution in [2.24, 2.45) is 0 Å². The van der Waals surface area contributed by atoms with Crippen molar-refractivity contribution in [3.8, 4) is 11.6 Å². The van der Waals surface area contributed by atoms with Gasteiger partial charge in [-0.05, 0) is 36.8 Å². The monoisotopic (exact) mass is 283 g/mol. The molecular formula is C13H11Cl2NO2. The standard InChI is InChI=1S/C13H11Cl2NO2/c1-8-9(7-17)2-3-13(16-8)18-12-5-10(14)4-11(15)6-12/h2-6,17H,7H2,1H3. The van der Waals surface area contributed by atoms with Crippen LogP contribution in [0.25, 0.3) is 0 Å². The van der Waals surface area contributed by atoms with Crippen LogP contribution < -0.4 is 4.74 Å². The number of halogens is 2. The van der Waals surface area contributed by atoms with Crippen LogP contribution in [0.15, 0.2) is 30.3 Å². The van der Waals surface area contributed by atoms with E-state index in [0.29, 0.717) is 21.7 Å². The molecule has 0 fully saturated rings. The maximum atomic E-state index is 9.06. The van der Waals surface area contributed by atoms with Crippen molar-refractivity contribution < 1.29 is 9.84 Å². The minimum Gasteiger partial charge on any atom is -0.439 e. The molecule has 0 radical (unpaired) electrons.